The molecule has 1 saturated heterocycles. The zero-order valence-electron chi connectivity index (χ0n) is 25.0. The van der Waals surface area contributed by atoms with Crippen LogP contribution in [-0.4, -0.2) is 68.5 Å². The van der Waals surface area contributed by atoms with Gasteiger partial charge in [0.2, 0.25) is 11.8 Å². The van der Waals surface area contributed by atoms with Gasteiger partial charge in [-0.25, -0.2) is 4.98 Å². The first kappa shape index (κ1) is 32.2. The first-order valence-electron chi connectivity index (χ1n) is 14.7. The summed E-state index contributed by atoms with van der Waals surface area (Å²) in [5.74, 6) is -2.04. The molecule has 2 aromatic heterocycles. The molecule has 1 fully saturated rings. The van der Waals surface area contributed by atoms with E-state index in [0.29, 0.717) is 31.6 Å². The lowest BCUT2D eigenvalue weighted by molar-refractivity contribution is -0.138. The third-order valence-electron chi connectivity index (χ3n) is 7.71. The van der Waals surface area contributed by atoms with Gasteiger partial charge in [0.05, 0.1) is 34.7 Å². The van der Waals surface area contributed by atoms with E-state index in [2.05, 4.69) is 15.5 Å². The van der Waals surface area contributed by atoms with E-state index in [0.717, 1.165) is 21.7 Å². The van der Waals surface area contributed by atoms with Crippen LogP contribution >= 0.6 is 11.3 Å². The van der Waals surface area contributed by atoms with E-state index in [9.17, 15) is 19.5 Å². The number of benzene rings is 1. The molecule has 0 unspecified atom stereocenters. The molecule has 0 radical (unpaired) electrons. The topological polar surface area (TPSA) is 155 Å². The van der Waals surface area contributed by atoms with Crippen LogP contribution in [0.4, 0.5) is 0 Å². The number of carbonyl (C=O) groups excluding carboxylic acids is 2. The van der Waals surface area contributed by atoms with Crippen molar-refractivity contribution in [1.82, 2.24) is 20.4 Å². The highest BCUT2D eigenvalue weighted by atomic mass is 32.1. The molecular formula is C31H40N4O7S. The number of thiazole rings is 1. The first-order chi connectivity index (χ1) is 20.5. The Morgan fingerprint density at radius 1 is 1.16 bits per heavy atom. The summed E-state index contributed by atoms with van der Waals surface area (Å²) in [5.41, 5.74) is 4.66. The van der Waals surface area contributed by atoms with Gasteiger partial charge in [-0.1, -0.05) is 38.1 Å². The molecule has 11 nitrogen and oxygen atoms in total. The number of aromatic nitrogens is 2. The molecule has 3 N–H and O–H groups in total. The number of aryl methyl sites for hydroxylation is 1. The van der Waals surface area contributed by atoms with Gasteiger partial charge in [-0.05, 0) is 55.3 Å². The van der Waals surface area contributed by atoms with Crippen molar-refractivity contribution < 1.29 is 33.9 Å². The van der Waals surface area contributed by atoms with Crippen molar-refractivity contribution >= 4 is 29.1 Å². The van der Waals surface area contributed by atoms with Gasteiger partial charge >= 0.3 is 5.97 Å². The Bertz CT molecular complexity index is 1390. The van der Waals surface area contributed by atoms with Gasteiger partial charge in [0, 0.05) is 25.5 Å². The minimum absolute atomic E-state index is 0.0954. The van der Waals surface area contributed by atoms with Crippen molar-refractivity contribution in [3.63, 3.8) is 0 Å². The Morgan fingerprint density at radius 2 is 1.91 bits per heavy atom. The van der Waals surface area contributed by atoms with E-state index in [4.69, 9.17) is 14.4 Å². The quantitative estimate of drug-likeness (QED) is 0.220. The van der Waals surface area contributed by atoms with Crippen molar-refractivity contribution in [2.75, 3.05) is 13.2 Å². The Hall–Kier alpha value is -3.77. The molecular weight excluding hydrogens is 572 g/mol. The fraction of sp³-hybridized carbons (Fsp3) is 0.516. The third kappa shape index (κ3) is 8.20. The number of carbonyl (C=O) groups is 3. The number of carboxylic acid groups (broad SMARTS) is 1. The maximum atomic E-state index is 13.8. The summed E-state index contributed by atoms with van der Waals surface area (Å²) in [6.07, 6.45) is 0.874. The number of rotatable bonds is 14. The molecule has 1 aliphatic heterocycles. The lowest BCUT2D eigenvalue weighted by Gasteiger charge is -2.30. The molecule has 3 heterocycles. The maximum absolute atomic E-state index is 13.8. The second kappa shape index (κ2) is 14.6. The molecule has 3 aromatic rings. The predicted molar refractivity (Wildman–Crippen MR) is 161 cm³/mol. The average molecular weight is 613 g/mol. The summed E-state index contributed by atoms with van der Waals surface area (Å²) in [5, 5.41) is 26.2. The van der Waals surface area contributed by atoms with E-state index >= 15 is 0 Å². The molecule has 4 atom stereocenters. The van der Waals surface area contributed by atoms with E-state index < -0.39 is 30.1 Å². The molecule has 0 spiro atoms. The number of likely N-dealkylation sites (tertiary alicyclic amines) is 1. The SMILES string of the molecule is Cc1ncsc1-c1ccc([C@H](C)C(=O)N[C@@H]2C[C@@H](O)CN2C(=O)[C@H](c2cc(OCCCCCC(=O)O)no2)C(C)C)cc1. The number of carboxylic acids is 1. The number of ether oxygens (including phenoxy) is 1. The highest BCUT2D eigenvalue weighted by Gasteiger charge is 2.41. The molecule has 0 saturated carbocycles. The fourth-order valence-corrected chi connectivity index (χ4v) is 6.08. The summed E-state index contributed by atoms with van der Waals surface area (Å²) in [6, 6.07) is 9.42. The van der Waals surface area contributed by atoms with Crippen LogP contribution in [-0.2, 0) is 14.4 Å². The number of unbranched alkanes of at least 4 members (excludes halogenated alkanes) is 2. The van der Waals surface area contributed by atoms with Crippen LogP contribution in [0.5, 0.6) is 5.88 Å². The van der Waals surface area contributed by atoms with Crippen molar-refractivity contribution in [1.29, 1.82) is 0 Å². The van der Waals surface area contributed by atoms with Gasteiger partial charge in [0.1, 0.15) is 12.1 Å². The van der Waals surface area contributed by atoms with Crippen LogP contribution in [0.2, 0.25) is 0 Å². The molecule has 0 aliphatic carbocycles. The van der Waals surface area contributed by atoms with E-state index in [1.807, 2.05) is 57.5 Å². The number of amides is 2. The highest BCUT2D eigenvalue weighted by Crippen LogP contribution is 2.33. The van der Waals surface area contributed by atoms with Gasteiger partial charge in [-0.15, -0.1) is 11.3 Å². The molecule has 1 aromatic carbocycles. The number of nitrogens with one attached hydrogen (secondary N) is 1. The smallest absolute Gasteiger partial charge is 0.303 e. The molecule has 43 heavy (non-hydrogen) atoms. The summed E-state index contributed by atoms with van der Waals surface area (Å²) in [6.45, 7) is 8.02. The van der Waals surface area contributed by atoms with Gasteiger partial charge in [0.15, 0.2) is 5.76 Å². The molecule has 1 aliphatic rings. The van der Waals surface area contributed by atoms with Crippen LogP contribution < -0.4 is 10.1 Å². The van der Waals surface area contributed by atoms with Crippen LogP contribution in [0.3, 0.4) is 0 Å². The van der Waals surface area contributed by atoms with Crippen LogP contribution in [0.15, 0.2) is 40.4 Å². The standard InChI is InChI=1S/C31H40N4O7S/c1-18(2)28(24-15-26(34-42-24)41-13-7-5-6-8-27(37)38)31(40)35-16-23(36)14-25(35)33-30(39)19(3)21-9-11-22(12-10-21)29-20(4)32-17-43-29/h9-12,15,17-19,23,25,28,36H,5-8,13-14,16H2,1-4H3,(H,33,39)(H,37,38)/t19-,23+,25-,28-/m0/s1. The number of nitrogens with zero attached hydrogens (tertiary/aromatic N) is 3. The second-order valence-electron chi connectivity index (χ2n) is 11.4. The van der Waals surface area contributed by atoms with Crippen molar-refractivity contribution in [3.05, 3.63) is 52.9 Å². The first-order valence-corrected chi connectivity index (χ1v) is 15.5. The number of aliphatic hydroxyl groups is 1. The lowest BCUT2D eigenvalue weighted by Crippen LogP contribution is -2.50. The van der Waals surface area contributed by atoms with Crippen molar-refractivity contribution in [2.45, 2.75) is 83.9 Å². The average Bonchev–Trinajstić information content (AvgIpc) is 3.70. The maximum Gasteiger partial charge on any atom is 0.303 e. The number of hydrogen-bond acceptors (Lipinski definition) is 9. The van der Waals surface area contributed by atoms with E-state index in [-0.39, 0.29) is 43.0 Å². The minimum atomic E-state index is -0.818. The van der Waals surface area contributed by atoms with Crippen LogP contribution in [0, 0.1) is 12.8 Å². The normalized spacial score (nSPS) is 18.0. The lowest BCUT2D eigenvalue weighted by atomic mass is 9.91. The summed E-state index contributed by atoms with van der Waals surface area (Å²) < 4.78 is 11.2. The summed E-state index contributed by atoms with van der Waals surface area (Å²) >= 11 is 1.57. The Balaban J connectivity index is 1.38. The number of hydrogen-bond donors (Lipinski definition) is 3. The Labute approximate surface area is 255 Å². The van der Waals surface area contributed by atoms with E-state index in [1.165, 1.54) is 4.90 Å². The highest BCUT2D eigenvalue weighted by molar-refractivity contribution is 7.13. The van der Waals surface area contributed by atoms with Crippen molar-refractivity contribution in [2.24, 2.45) is 5.92 Å². The molecule has 2 amide bonds. The molecule has 12 heteroatoms. The van der Waals surface area contributed by atoms with Crippen LogP contribution in [0.1, 0.15) is 81.7 Å². The predicted octanol–water partition coefficient (Wildman–Crippen LogP) is 4.71. The number of aliphatic hydroxyl groups excluding tert-OH is 1. The van der Waals surface area contributed by atoms with Crippen LogP contribution in [0.25, 0.3) is 10.4 Å². The largest absolute Gasteiger partial charge is 0.481 e. The third-order valence-corrected chi connectivity index (χ3v) is 8.69. The molecule has 232 valence electrons. The molecule has 0 bridgehead atoms. The van der Waals surface area contributed by atoms with Gasteiger partial charge in [-0.2, -0.15) is 0 Å². The van der Waals surface area contributed by atoms with E-state index in [1.54, 1.807) is 17.4 Å². The summed E-state index contributed by atoms with van der Waals surface area (Å²) in [7, 11) is 0. The van der Waals surface area contributed by atoms with Crippen molar-refractivity contribution in [3.8, 4) is 16.3 Å². The monoisotopic (exact) mass is 612 g/mol. The number of aliphatic carboxylic acids is 1. The Morgan fingerprint density at radius 3 is 2.56 bits per heavy atom. The fourth-order valence-electron chi connectivity index (χ4n) is 5.27. The van der Waals surface area contributed by atoms with Gasteiger partial charge < -0.3 is 29.7 Å². The molecule has 4 rings (SSSR count). The minimum Gasteiger partial charge on any atom is -0.481 e. The van der Waals surface area contributed by atoms with Gasteiger partial charge in [0.25, 0.3) is 5.88 Å². The van der Waals surface area contributed by atoms with Gasteiger partial charge in [-0.3, -0.25) is 14.4 Å². The zero-order chi connectivity index (χ0) is 31.1. The number of β-amino-alcohol motifs (C(OH)–C–C–N with tert-alkyl or cyclic N) is 1. The zero-order valence-corrected chi connectivity index (χ0v) is 25.8. The Kier molecular flexibility index (Phi) is 10.9. The summed E-state index contributed by atoms with van der Waals surface area (Å²) in [4.78, 5) is 44.7. The second-order valence-corrected chi connectivity index (χ2v) is 12.2.